The summed E-state index contributed by atoms with van der Waals surface area (Å²) in [7, 11) is -3.49. The molecule has 0 saturated carbocycles. The lowest BCUT2D eigenvalue weighted by Gasteiger charge is -2.19. The second kappa shape index (κ2) is 7.98. The molecule has 0 unspecified atom stereocenters. The fraction of sp³-hybridized carbons (Fsp3) is 0.250. The Kier molecular flexibility index (Phi) is 5.99. The minimum absolute atomic E-state index is 0.00594. The molecule has 0 aliphatic carbocycles. The minimum Gasteiger partial charge on any atom is -0.324 e. The average Bonchev–Trinajstić information content (AvgIpc) is 2.53. The zero-order valence-corrected chi connectivity index (χ0v) is 14.0. The Hall–Kier alpha value is -2.32. The highest BCUT2D eigenvalue weighted by Gasteiger charge is 2.18. The minimum atomic E-state index is -3.49. The van der Waals surface area contributed by atoms with E-state index >= 15 is 0 Å². The summed E-state index contributed by atoms with van der Waals surface area (Å²) in [6, 6.07) is 9.26. The van der Waals surface area contributed by atoms with Gasteiger partial charge in [-0.25, -0.2) is 12.8 Å². The van der Waals surface area contributed by atoms with Gasteiger partial charge in [0.05, 0.1) is 11.9 Å². The molecular weight excluding hydrogens is 333 g/mol. The van der Waals surface area contributed by atoms with Crippen LogP contribution in [0.15, 0.2) is 48.8 Å². The first-order valence-electron chi connectivity index (χ1n) is 7.24. The number of nitrogens with zero attached hydrogens (tertiary/aromatic N) is 2. The van der Waals surface area contributed by atoms with Crippen LogP contribution in [0.5, 0.6) is 0 Å². The molecule has 0 aliphatic rings. The third-order valence-corrected chi connectivity index (χ3v) is 4.54. The van der Waals surface area contributed by atoms with Crippen LogP contribution in [0, 0.1) is 5.82 Å². The third-order valence-electron chi connectivity index (χ3n) is 3.29. The van der Waals surface area contributed by atoms with E-state index in [2.05, 4.69) is 10.3 Å². The van der Waals surface area contributed by atoms with E-state index in [9.17, 15) is 17.6 Å². The number of amides is 1. The van der Waals surface area contributed by atoms with Gasteiger partial charge in [-0.2, -0.15) is 4.31 Å². The van der Waals surface area contributed by atoms with Crippen molar-refractivity contribution in [1.82, 2.24) is 9.29 Å². The number of carbonyl (C=O) groups excluding carboxylic acids is 1. The second-order valence-corrected chi connectivity index (χ2v) is 7.22. The SMILES string of the molecule is CS(=O)(=O)N(CCC(=O)Nc1ccccc1F)Cc1cccnc1. The first kappa shape index (κ1) is 18.0. The van der Waals surface area contributed by atoms with E-state index < -0.39 is 21.7 Å². The van der Waals surface area contributed by atoms with Gasteiger partial charge in [0.15, 0.2) is 0 Å². The summed E-state index contributed by atoms with van der Waals surface area (Å²) >= 11 is 0. The quantitative estimate of drug-likeness (QED) is 0.828. The van der Waals surface area contributed by atoms with Crippen LogP contribution >= 0.6 is 0 Å². The lowest BCUT2D eigenvalue weighted by molar-refractivity contribution is -0.116. The van der Waals surface area contributed by atoms with E-state index in [1.165, 1.54) is 22.5 Å². The maximum atomic E-state index is 13.5. The molecule has 0 fully saturated rings. The largest absolute Gasteiger partial charge is 0.324 e. The maximum Gasteiger partial charge on any atom is 0.225 e. The first-order valence-corrected chi connectivity index (χ1v) is 9.09. The summed E-state index contributed by atoms with van der Waals surface area (Å²) in [4.78, 5) is 15.9. The highest BCUT2D eigenvalue weighted by molar-refractivity contribution is 7.88. The molecule has 8 heteroatoms. The van der Waals surface area contributed by atoms with Crippen LogP contribution in [0.1, 0.15) is 12.0 Å². The zero-order chi connectivity index (χ0) is 17.6. The standard InChI is InChI=1S/C16H18FN3O3S/c1-24(22,23)20(12-13-5-4-9-18-11-13)10-8-16(21)19-15-7-3-2-6-14(15)17/h2-7,9,11H,8,10,12H2,1H3,(H,19,21). The zero-order valence-electron chi connectivity index (χ0n) is 13.1. The molecule has 128 valence electrons. The topological polar surface area (TPSA) is 79.4 Å². The first-order chi connectivity index (χ1) is 11.4. The number of pyridine rings is 1. The molecule has 0 saturated heterocycles. The number of para-hydroxylation sites is 1. The van der Waals surface area contributed by atoms with Crippen LogP contribution in [0.4, 0.5) is 10.1 Å². The smallest absolute Gasteiger partial charge is 0.225 e. The number of aromatic nitrogens is 1. The van der Waals surface area contributed by atoms with Crippen molar-refractivity contribution < 1.29 is 17.6 Å². The molecule has 0 bridgehead atoms. The lowest BCUT2D eigenvalue weighted by Crippen LogP contribution is -2.32. The van der Waals surface area contributed by atoms with Crippen molar-refractivity contribution in [3.63, 3.8) is 0 Å². The van der Waals surface area contributed by atoms with E-state index in [0.717, 1.165) is 11.8 Å². The number of sulfonamides is 1. The number of anilines is 1. The van der Waals surface area contributed by atoms with Gasteiger partial charge >= 0.3 is 0 Å². The number of nitrogens with one attached hydrogen (secondary N) is 1. The molecule has 0 radical (unpaired) electrons. The number of hydrogen-bond donors (Lipinski definition) is 1. The average molecular weight is 351 g/mol. The highest BCUT2D eigenvalue weighted by atomic mass is 32.2. The number of rotatable bonds is 7. The maximum absolute atomic E-state index is 13.5. The van der Waals surface area contributed by atoms with Crippen molar-refractivity contribution >= 4 is 21.6 Å². The molecule has 24 heavy (non-hydrogen) atoms. The van der Waals surface area contributed by atoms with E-state index in [1.807, 2.05) is 0 Å². The number of hydrogen-bond acceptors (Lipinski definition) is 4. The van der Waals surface area contributed by atoms with Crippen molar-refractivity contribution in [2.45, 2.75) is 13.0 Å². The van der Waals surface area contributed by atoms with Gasteiger partial charge in [-0.3, -0.25) is 9.78 Å². The van der Waals surface area contributed by atoms with Crippen molar-refractivity contribution in [1.29, 1.82) is 0 Å². The van der Waals surface area contributed by atoms with E-state index in [4.69, 9.17) is 0 Å². The van der Waals surface area contributed by atoms with Crippen LogP contribution < -0.4 is 5.32 Å². The number of halogens is 1. The fourth-order valence-corrected chi connectivity index (χ4v) is 2.87. The molecule has 0 spiro atoms. The Balaban J connectivity index is 1.98. The van der Waals surface area contributed by atoms with Crippen molar-refractivity contribution in [3.8, 4) is 0 Å². The Morgan fingerprint density at radius 3 is 2.62 bits per heavy atom. The van der Waals surface area contributed by atoms with Gasteiger partial charge in [0.1, 0.15) is 5.82 Å². The van der Waals surface area contributed by atoms with Crippen molar-refractivity contribution in [3.05, 3.63) is 60.2 Å². The second-order valence-electron chi connectivity index (χ2n) is 5.24. The Labute approximate surface area is 140 Å². The highest BCUT2D eigenvalue weighted by Crippen LogP contribution is 2.13. The molecule has 6 nitrogen and oxygen atoms in total. The molecule has 1 heterocycles. The summed E-state index contributed by atoms with van der Waals surface area (Å²) in [6.45, 7) is 0.119. The number of carbonyl (C=O) groups is 1. The predicted octanol–water partition coefficient (Wildman–Crippen LogP) is 2.01. The van der Waals surface area contributed by atoms with E-state index in [0.29, 0.717) is 0 Å². The molecule has 2 aromatic rings. The predicted molar refractivity (Wildman–Crippen MR) is 89.1 cm³/mol. The lowest BCUT2D eigenvalue weighted by atomic mass is 10.2. The molecule has 2 rings (SSSR count). The molecule has 1 N–H and O–H groups in total. The van der Waals surface area contributed by atoms with Crippen molar-refractivity contribution in [2.24, 2.45) is 0 Å². The Morgan fingerprint density at radius 2 is 2.00 bits per heavy atom. The monoisotopic (exact) mass is 351 g/mol. The summed E-state index contributed by atoms with van der Waals surface area (Å²) in [5, 5.41) is 2.43. The molecule has 1 aromatic carbocycles. The van der Waals surface area contributed by atoms with E-state index in [-0.39, 0.29) is 25.2 Å². The van der Waals surface area contributed by atoms with Gasteiger partial charge in [0.25, 0.3) is 0 Å². The summed E-state index contributed by atoms with van der Waals surface area (Å²) in [6.07, 6.45) is 4.16. The van der Waals surface area contributed by atoms with Gasteiger partial charge in [0, 0.05) is 31.9 Å². The van der Waals surface area contributed by atoms with Gasteiger partial charge in [-0.1, -0.05) is 18.2 Å². The van der Waals surface area contributed by atoms with Gasteiger partial charge in [0.2, 0.25) is 15.9 Å². The van der Waals surface area contributed by atoms with Gasteiger partial charge in [-0.05, 0) is 23.8 Å². The van der Waals surface area contributed by atoms with Gasteiger partial charge in [-0.15, -0.1) is 0 Å². The third kappa shape index (κ3) is 5.39. The van der Waals surface area contributed by atoms with Crippen LogP contribution in [0.25, 0.3) is 0 Å². The Morgan fingerprint density at radius 1 is 1.25 bits per heavy atom. The van der Waals surface area contributed by atoms with E-state index in [1.54, 1.807) is 30.6 Å². The summed E-state index contributed by atoms with van der Waals surface area (Å²) in [5.41, 5.74) is 0.790. The molecule has 1 amide bonds. The molecule has 1 aromatic heterocycles. The van der Waals surface area contributed by atoms with Crippen LogP contribution in [0.2, 0.25) is 0 Å². The molecule has 0 aliphatic heterocycles. The molecule has 0 atom stereocenters. The molecular formula is C16H18FN3O3S. The number of benzene rings is 1. The fourth-order valence-electron chi connectivity index (χ4n) is 2.06. The van der Waals surface area contributed by atoms with Crippen LogP contribution in [0.3, 0.4) is 0 Å². The van der Waals surface area contributed by atoms with Crippen LogP contribution in [-0.2, 0) is 21.4 Å². The Bertz CT molecular complexity index is 797. The van der Waals surface area contributed by atoms with Crippen LogP contribution in [-0.4, -0.2) is 36.4 Å². The normalized spacial score (nSPS) is 11.5. The summed E-state index contributed by atoms with van der Waals surface area (Å²) < 4.78 is 38.4. The van der Waals surface area contributed by atoms with Crippen molar-refractivity contribution in [2.75, 3.05) is 18.1 Å². The van der Waals surface area contributed by atoms with Gasteiger partial charge < -0.3 is 5.32 Å². The summed E-state index contributed by atoms with van der Waals surface area (Å²) in [5.74, 6) is -0.999.